The van der Waals surface area contributed by atoms with E-state index in [0.29, 0.717) is 0 Å². The number of hydrogen-bond acceptors (Lipinski definition) is 6. The summed E-state index contributed by atoms with van der Waals surface area (Å²) >= 11 is 0. The van der Waals surface area contributed by atoms with Crippen molar-refractivity contribution >= 4 is 11.9 Å². The molecule has 0 aliphatic carbocycles. The lowest BCUT2D eigenvalue weighted by Crippen LogP contribution is -2.57. The second-order valence-corrected chi connectivity index (χ2v) is 6.54. The predicted molar refractivity (Wildman–Crippen MR) is 97.8 cm³/mol. The molecule has 0 saturated carbocycles. The predicted octanol–water partition coefficient (Wildman–Crippen LogP) is 2.20. The molecule has 0 fully saturated rings. The molecule has 2 heterocycles. The smallest absolute Gasteiger partial charge is 0.329 e. The Morgan fingerprint density at radius 3 is 2.52 bits per heavy atom. The molecule has 3 unspecified atom stereocenters. The summed E-state index contributed by atoms with van der Waals surface area (Å²) < 4.78 is 4.96. The molecule has 0 saturated heterocycles. The number of nitrogens with zero attached hydrogens (tertiary/aromatic N) is 2. The molecule has 8 heteroatoms. The SMILES string of the molecule is COc1ccnc(C(=O)NC(C)(C(=O)O)C(C)C(C)c2cccnc2)c1O. The molecule has 144 valence electrons. The first kappa shape index (κ1) is 20.2. The number of aromatic nitrogens is 2. The third kappa shape index (κ3) is 3.99. The average molecular weight is 373 g/mol. The number of aromatic hydroxyl groups is 1. The molecule has 0 aliphatic rings. The number of ether oxygens (including phenoxy) is 1. The summed E-state index contributed by atoms with van der Waals surface area (Å²) in [6, 6.07) is 5.02. The van der Waals surface area contributed by atoms with Crippen LogP contribution in [-0.2, 0) is 4.79 Å². The molecule has 1 amide bonds. The highest BCUT2D eigenvalue weighted by molar-refractivity contribution is 5.98. The maximum Gasteiger partial charge on any atom is 0.329 e. The summed E-state index contributed by atoms with van der Waals surface area (Å²) in [7, 11) is 1.34. The van der Waals surface area contributed by atoms with Gasteiger partial charge in [0.25, 0.3) is 5.91 Å². The summed E-state index contributed by atoms with van der Waals surface area (Å²) in [5.41, 5.74) is -1.05. The van der Waals surface area contributed by atoms with Crippen LogP contribution in [0, 0.1) is 5.92 Å². The fourth-order valence-corrected chi connectivity index (χ4v) is 2.86. The van der Waals surface area contributed by atoms with Crippen molar-refractivity contribution in [3.8, 4) is 11.5 Å². The Morgan fingerprint density at radius 1 is 1.26 bits per heavy atom. The third-order valence-electron chi connectivity index (χ3n) is 5.01. The monoisotopic (exact) mass is 373 g/mol. The van der Waals surface area contributed by atoms with Crippen LogP contribution in [0.15, 0.2) is 36.8 Å². The van der Waals surface area contributed by atoms with Crippen LogP contribution in [0.25, 0.3) is 0 Å². The summed E-state index contributed by atoms with van der Waals surface area (Å²) in [5, 5.41) is 22.5. The molecule has 3 N–H and O–H groups in total. The van der Waals surface area contributed by atoms with Gasteiger partial charge in [-0.15, -0.1) is 0 Å². The van der Waals surface area contributed by atoms with Gasteiger partial charge in [0.05, 0.1) is 7.11 Å². The van der Waals surface area contributed by atoms with Crippen LogP contribution in [0.5, 0.6) is 11.5 Å². The van der Waals surface area contributed by atoms with Crippen LogP contribution < -0.4 is 10.1 Å². The molecule has 0 aromatic carbocycles. The Morgan fingerprint density at radius 2 is 1.96 bits per heavy atom. The van der Waals surface area contributed by atoms with Gasteiger partial charge in [0.1, 0.15) is 5.54 Å². The number of carboxylic acid groups (broad SMARTS) is 1. The Bertz CT molecular complexity index is 827. The van der Waals surface area contributed by atoms with E-state index in [4.69, 9.17) is 4.74 Å². The Kier molecular flexibility index (Phi) is 5.99. The summed E-state index contributed by atoms with van der Waals surface area (Å²) in [4.78, 5) is 32.6. The van der Waals surface area contributed by atoms with Crippen molar-refractivity contribution in [2.75, 3.05) is 7.11 Å². The van der Waals surface area contributed by atoms with Crippen LogP contribution in [0.3, 0.4) is 0 Å². The van der Waals surface area contributed by atoms with E-state index in [1.807, 2.05) is 13.0 Å². The number of nitrogens with one attached hydrogen (secondary N) is 1. The van der Waals surface area contributed by atoms with Crippen LogP contribution in [-0.4, -0.2) is 44.7 Å². The lowest BCUT2D eigenvalue weighted by Gasteiger charge is -2.36. The highest BCUT2D eigenvalue weighted by Gasteiger charge is 2.44. The van der Waals surface area contributed by atoms with Crippen molar-refractivity contribution in [3.63, 3.8) is 0 Å². The van der Waals surface area contributed by atoms with Gasteiger partial charge in [0.15, 0.2) is 17.2 Å². The molecule has 8 nitrogen and oxygen atoms in total. The molecule has 27 heavy (non-hydrogen) atoms. The van der Waals surface area contributed by atoms with Gasteiger partial charge in [0, 0.05) is 24.7 Å². The summed E-state index contributed by atoms with van der Waals surface area (Å²) in [6.45, 7) is 5.04. The molecule has 0 bridgehead atoms. The molecule has 0 aliphatic heterocycles. The maximum atomic E-state index is 12.7. The molecule has 2 rings (SSSR count). The van der Waals surface area contributed by atoms with Gasteiger partial charge in [-0.3, -0.25) is 9.78 Å². The zero-order chi connectivity index (χ0) is 20.2. The van der Waals surface area contributed by atoms with E-state index in [9.17, 15) is 19.8 Å². The van der Waals surface area contributed by atoms with Crippen molar-refractivity contribution in [1.29, 1.82) is 0 Å². The van der Waals surface area contributed by atoms with Crippen molar-refractivity contribution in [3.05, 3.63) is 48.0 Å². The van der Waals surface area contributed by atoms with Crippen LogP contribution in [0.2, 0.25) is 0 Å². The fraction of sp³-hybridized carbons (Fsp3) is 0.368. The number of rotatable bonds is 7. The first-order chi connectivity index (χ1) is 12.7. The van der Waals surface area contributed by atoms with Crippen molar-refractivity contribution in [2.45, 2.75) is 32.2 Å². The highest BCUT2D eigenvalue weighted by Crippen LogP contribution is 2.33. The first-order valence-electron chi connectivity index (χ1n) is 8.40. The van der Waals surface area contributed by atoms with E-state index >= 15 is 0 Å². The van der Waals surface area contributed by atoms with Gasteiger partial charge >= 0.3 is 5.97 Å². The number of carbonyl (C=O) groups is 2. The van der Waals surface area contributed by atoms with E-state index in [1.165, 1.54) is 26.3 Å². The van der Waals surface area contributed by atoms with Gasteiger partial charge < -0.3 is 20.3 Å². The Balaban J connectivity index is 2.33. The van der Waals surface area contributed by atoms with Crippen LogP contribution >= 0.6 is 0 Å². The molecule has 0 radical (unpaired) electrons. The Hall–Kier alpha value is -3.16. The number of hydrogen-bond donors (Lipinski definition) is 3. The van der Waals surface area contributed by atoms with Crippen molar-refractivity contribution in [1.82, 2.24) is 15.3 Å². The molecule has 3 atom stereocenters. The number of amides is 1. The largest absolute Gasteiger partial charge is 0.503 e. The molecule has 2 aromatic heterocycles. The maximum absolute atomic E-state index is 12.7. The van der Waals surface area contributed by atoms with E-state index < -0.39 is 29.1 Å². The quantitative estimate of drug-likeness (QED) is 0.680. The van der Waals surface area contributed by atoms with Gasteiger partial charge in [-0.05, 0) is 30.4 Å². The first-order valence-corrected chi connectivity index (χ1v) is 8.40. The van der Waals surface area contributed by atoms with Gasteiger partial charge in [-0.1, -0.05) is 19.9 Å². The second kappa shape index (κ2) is 8.03. The minimum atomic E-state index is -1.61. The van der Waals surface area contributed by atoms with Crippen LogP contribution in [0.4, 0.5) is 0 Å². The van der Waals surface area contributed by atoms with E-state index in [1.54, 1.807) is 25.4 Å². The van der Waals surface area contributed by atoms with Crippen LogP contribution in [0.1, 0.15) is 42.7 Å². The highest BCUT2D eigenvalue weighted by atomic mass is 16.5. The zero-order valence-electron chi connectivity index (χ0n) is 15.6. The number of carboxylic acids is 1. The van der Waals surface area contributed by atoms with E-state index in [2.05, 4.69) is 15.3 Å². The molecule has 0 spiro atoms. The second-order valence-electron chi connectivity index (χ2n) is 6.54. The third-order valence-corrected chi connectivity index (χ3v) is 5.01. The zero-order valence-corrected chi connectivity index (χ0v) is 15.6. The number of aliphatic carboxylic acids is 1. The lowest BCUT2D eigenvalue weighted by atomic mass is 9.76. The van der Waals surface area contributed by atoms with E-state index in [0.717, 1.165) is 5.56 Å². The van der Waals surface area contributed by atoms with Gasteiger partial charge in [-0.2, -0.15) is 0 Å². The molecular formula is C19H23N3O5. The number of methoxy groups -OCH3 is 1. The molecular weight excluding hydrogens is 350 g/mol. The van der Waals surface area contributed by atoms with Gasteiger partial charge in [-0.25, -0.2) is 9.78 Å². The lowest BCUT2D eigenvalue weighted by molar-refractivity contribution is -0.146. The normalized spacial score (nSPS) is 15.3. The number of pyridine rings is 2. The van der Waals surface area contributed by atoms with Gasteiger partial charge in [0.2, 0.25) is 0 Å². The van der Waals surface area contributed by atoms with E-state index in [-0.39, 0.29) is 17.4 Å². The number of carbonyl (C=O) groups excluding carboxylic acids is 1. The van der Waals surface area contributed by atoms with Crippen molar-refractivity contribution < 1.29 is 24.5 Å². The molecule has 2 aromatic rings. The summed E-state index contributed by atoms with van der Waals surface area (Å²) in [5.74, 6) is -3.06. The Labute approximate surface area is 157 Å². The summed E-state index contributed by atoms with van der Waals surface area (Å²) in [6.07, 6.45) is 4.60. The fourth-order valence-electron chi connectivity index (χ4n) is 2.86. The topological polar surface area (TPSA) is 122 Å². The minimum Gasteiger partial charge on any atom is -0.503 e. The van der Waals surface area contributed by atoms with Crippen molar-refractivity contribution in [2.24, 2.45) is 5.92 Å². The standard InChI is InChI=1S/C19H23N3O5/c1-11(13-6-5-8-20-10-13)12(2)19(3,18(25)26)22-17(24)15-16(23)14(27-4)7-9-21-15/h5-12,23H,1-4H3,(H,22,24)(H,25,26). The average Bonchev–Trinajstić information content (AvgIpc) is 2.67. The minimum absolute atomic E-state index is 0.0731.